The lowest BCUT2D eigenvalue weighted by molar-refractivity contribution is 0.414. The van der Waals surface area contributed by atoms with Gasteiger partial charge in [0.15, 0.2) is 5.65 Å². The minimum Gasteiger partial charge on any atom is -0.496 e. The number of hydrogen-bond donors (Lipinski definition) is 1. The number of nitrogens with zero attached hydrogens (tertiary/aromatic N) is 4. The van der Waals surface area contributed by atoms with E-state index in [4.69, 9.17) is 4.74 Å². The van der Waals surface area contributed by atoms with E-state index in [-0.39, 0.29) is 17.3 Å². The van der Waals surface area contributed by atoms with Gasteiger partial charge in [-0.15, -0.1) is 12.4 Å². The van der Waals surface area contributed by atoms with Gasteiger partial charge in [-0.2, -0.15) is 0 Å². The highest BCUT2D eigenvalue weighted by molar-refractivity contribution is 7.89. The molecule has 0 aliphatic rings. The number of benzene rings is 1. The van der Waals surface area contributed by atoms with Crippen LogP contribution >= 0.6 is 12.4 Å². The first-order valence-corrected chi connectivity index (χ1v) is 8.14. The van der Waals surface area contributed by atoms with E-state index in [1.54, 1.807) is 12.3 Å². The molecule has 0 aliphatic carbocycles. The maximum atomic E-state index is 12.2. The molecule has 0 spiro atoms. The number of ether oxygens (including phenoxy) is 1. The van der Waals surface area contributed by atoms with E-state index in [0.717, 1.165) is 4.31 Å². The van der Waals surface area contributed by atoms with Crippen molar-refractivity contribution in [3.8, 4) is 17.1 Å². The Kier molecular flexibility index (Phi) is 5.07. The van der Waals surface area contributed by atoms with Crippen molar-refractivity contribution in [1.82, 2.24) is 24.2 Å². The minimum atomic E-state index is -3.53. The van der Waals surface area contributed by atoms with E-state index >= 15 is 0 Å². The van der Waals surface area contributed by atoms with Gasteiger partial charge < -0.3 is 9.72 Å². The molecule has 2 aromatic heterocycles. The average Bonchev–Trinajstić information content (AvgIpc) is 2.97. The fourth-order valence-corrected chi connectivity index (χ4v) is 3.05. The van der Waals surface area contributed by atoms with E-state index < -0.39 is 10.0 Å². The number of sulfonamides is 1. The molecule has 0 saturated carbocycles. The van der Waals surface area contributed by atoms with Crippen molar-refractivity contribution in [3.63, 3.8) is 0 Å². The van der Waals surface area contributed by atoms with Crippen molar-refractivity contribution in [3.05, 3.63) is 30.7 Å². The molecule has 3 aromatic rings. The van der Waals surface area contributed by atoms with E-state index in [1.807, 2.05) is 0 Å². The largest absolute Gasteiger partial charge is 0.496 e. The lowest BCUT2D eigenvalue weighted by atomic mass is 10.2. The molecular formula is C14H16ClN5O3S. The summed E-state index contributed by atoms with van der Waals surface area (Å²) in [6.07, 6.45) is 3.03. The van der Waals surface area contributed by atoms with E-state index in [1.165, 1.54) is 39.7 Å². The van der Waals surface area contributed by atoms with Crippen LogP contribution in [-0.2, 0) is 10.0 Å². The van der Waals surface area contributed by atoms with Crippen molar-refractivity contribution in [2.75, 3.05) is 21.2 Å². The molecule has 0 saturated heterocycles. The number of hydrogen-bond acceptors (Lipinski definition) is 6. The zero-order chi connectivity index (χ0) is 16.6. The topological polar surface area (TPSA) is 101 Å². The summed E-state index contributed by atoms with van der Waals surface area (Å²) in [5.74, 6) is 0.936. The molecule has 0 aliphatic heterocycles. The number of imidazole rings is 1. The van der Waals surface area contributed by atoms with Gasteiger partial charge in [-0.1, -0.05) is 0 Å². The molecule has 0 amide bonds. The summed E-state index contributed by atoms with van der Waals surface area (Å²) in [6.45, 7) is 0. The van der Waals surface area contributed by atoms with E-state index in [9.17, 15) is 8.42 Å². The van der Waals surface area contributed by atoms with Crippen LogP contribution in [0.1, 0.15) is 0 Å². The molecular weight excluding hydrogens is 354 g/mol. The smallest absolute Gasteiger partial charge is 0.242 e. The Bertz CT molecular complexity index is 938. The van der Waals surface area contributed by atoms with Crippen molar-refractivity contribution in [2.45, 2.75) is 4.90 Å². The lowest BCUT2D eigenvalue weighted by Gasteiger charge is -2.13. The fraction of sp³-hybridized carbons (Fsp3) is 0.214. The second-order valence-corrected chi connectivity index (χ2v) is 7.15. The van der Waals surface area contributed by atoms with Crippen LogP contribution in [-0.4, -0.2) is 53.9 Å². The zero-order valence-corrected chi connectivity index (χ0v) is 14.8. The predicted octanol–water partition coefficient (Wildman–Crippen LogP) is 1.70. The minimum absolute atomic E-state index is 0. The number of fused-ring (bicyclic) bond motifs is 1. The number of aromatic amines is 1. The lowest BCUT2D eigenvalue weighted by Crippen LogP contribution is -2.22. The first-order valence-electron chi connectivity index (χ1n) is 6.70. The van der Waals surface area contributed by atoms with Gasteiger partial charge >= 0.3 is 0 Å². The summed E-state index contributed by atoms with van der Waals surface area (Å²) >= 11 is 0. The number of H-pyrrole nitrogens is 1. The molecule has 8 nitrogen and oxygen atoms in total. The number of methoxy groups -OCH3 is 1. The van der Waals surface area contributed by atoms with Gasteiger partial charge in [0.2, 0.25) is 10.0 Å². The summed E-state index contributed by atoms with van der Waals surface area (Å²) < 4.78 is 30.9. The molecule has 10 heteroatoms. The average molecular weight is 370 g/mol. The second kappa shape index (κ2) is 6.71. The van der Waals surface area contributed by atoms with Gasteiger partial charge in [0.1, 0.15) is 23.4 Å². The van der Waals surface area contributed by atoms with Gasteiger partial charge in [-0.3, -0.25) is 0 Å². The first kappa shape index (κ1) is 18.1. The third-order valence-corrected chi connectivity index (χ3v) is 5.18. The van der Waals surface area contributed by atoms with E-state index in [0.29, 0.717) is 28.3 Å². The zero-order valence-electron chi connectivity index (χ0n) is 13.2. The second-order valence-electron chi connectivity index (χ2n) is 4.99. The highest BCUT2D eigenvalue weighted by atomic mass is 35.5. The van der Waals surface area contributed by atoms with Gasteiger partial charge in [0, 0.05) is 20.2 Å². The number of aromatic nitrogens is 4. The summed E-state index contributed by atoms with van der Waals surface area (Å²) in [7, 11) is 0.906. The molecule has 0 atom stereocenters. The van der Waals surface area contributed by atoms with Crippen LogP contribution in [0, 0.1) is 0 Å². The Morgan fingerprint density at radius 1 is 1.25 bits per heavy atom. The number of halogens is 1. The molecule has 0 radical (unpaired) electrons. The summed E-state index contributed by atoms with van der Waals surface area (Å²) in [6, 6.07) is 4.65. The maximum absolute atomic E-state index is 12.2. The quantitative estimate of drug-likeness (QED) is 0.751. The summed E-state index contributed by atoms with van der Waals surface area (Å²) in [5, 5.41) is 0. The maximum Gasteiger partial charge on any atom is 0.242 e. The van der Waals surface area contributed by atoms with Gasteiger partial charge in [-0.05, 0) is 12.1 Å². The Labute approximate surface area is 145 Å². The van der Waals surface area contributed by atoms with Crippen LogP contribution in [0.4, 0.5) is 0 Å². The predicted molar refractivity (Wildman–Crippen MR) is 91.8 cm³/mol. The van der Waals surface area contributed by atoms with Crippen molar-refractivity contribution < 1.29 is 13.2 Å². The molecule has 0 bridgehead atoms. The fourth-order valence-electron chi connectivity index (χ4n) is 2.13. The SMILES string of the molecule is COc1cc(S(=O)(=O)N(C)C)ccc1-c1nc2ncncc2[nH]1.Cl. The molecule has 0 unspecified atom stereocenters. The van der Waals surface area contributed by atoms with Crippen LogP contribution in [0.3, 0.4) is 0 Å². The van der Waals surface area contributed by atoms with Crippen LogP contribution in [0.25, 0.3) is 22.6 Å². The van der Waals surface area contributed by atoms with Crippen LogP contribution in [0.2, 0.25) is 0 Å². The Balaban J connectivity index is 0.00000208. The molecule has 1 N–H and O–H groups in total. The Morgan fingerprint density at radius 2 is 2.00 bits per heavy atom. The highest BCUT2D eigenvalue weighted by Gasteiger charge is 2.20. The van der Waals surface area contributed by atoms with Gasteiger partial charge in [0.25, 0.3) is 0 Å². The standard InChI is InChI=1S/C14H15N5O3S.ClH/c1-19(2)23(20,21)9-4-5-10(12(6-9)22-3)13-17-11-7-15-8-16-14(11)18-13;/h4-8H,1-3H3,(H,15,16,17,18);1H. The number of rotatable bonds is 4. The summed E-state index contributed by atoms with van der Waals surface area (Å²) in [5.41, 5.74) is 1.86. The molecule has 128 valence electrons. The van der Waals surface area contributed by atoms with Gasteiger partial charge in [0.05, 0.1) is 23.8 Å². The van der Waals surface area contributed by atoms with Crippen LogP contribution in [0.5, 0.6) is 5.75 Å². The summed E-state index contributed by atoms with van der Waals surface area (Å²) in [4.78, 5) is 15.6. The van der Waals surface area contributed by atoms with Gasteiger partial charge in [-0.25, -0.2) is 27.7 Å². The Hall–Kier alpha value is -2.23. The van der Waals surface area contributed by atoms with Crippen LogP contribution in [0.15, 0.2) is 35.6 Å². The van der Waals surface area contributed by atoms with Crippen molar-refractivity contribution >= 4 is 33.6 Å². The molecule has 0 fully saturated rings. The van der Waals surface area contributed by atoms with E-state index in [2.05, 4.69) is 19.9 Å². The molecule has 1 aromatic carbocycles. The third-order valence-electron chi connectivity index (χ3n) is 3.37. The number of nitrogens with one attached hydrogen (secondary N) is 1. The Morgan fingerprint density at radius 3 is 2.62 bits per heavy atom. The monoisotopic (exact) mass is 369 g/mol. The molecule has 24 heavy (non-hydrogen) atoms. The highest BCUT2D eigenvalue weighted by Crippen LogP contribution is 2.31. The first-order chi connectivity index (χ1) is 10.9. The van der Waals surface area contributed by atoms with Crippen molar-refractivity contribution in [1.29, 1.82) is 0 Å². The molecule has 2 heterocycles. The van der Waals surface area contributed by atoms with Crippen LogP contribution < -0.4 is 4.74 Å². The van der Waals surface area contributed by atoms with Crippen molar-refractivity contribution in [2.24, 2.45) is 0 Å². The third kappa shape index (κ3) is 3.05. The molecule has 3 rings (SSSR count). The normalized spacial score (nSPS) is 11.5.